The second kappa shape index (κ2) is 14.7. The van der Waals surface area contributed by atoms with Gasteiger partial charge in [0.2, 0.25) is 6.79 Å². The standard InChI is InChI=1S/C45H43N5O6/c1-46-19-21-47(22-20-46)27-34-23-30-7-3-4-8-31(30)26-48(34)44(52)38-24-42-43(56-29-55-42)25-41(38)49-28-39(37-9-5-6-10-40(37)49)45(53)50(32-11-15-35(51)16-12-32)33-13-17-36(54-2)18-14-33/h3-18,24-25,28,34,51H,19-23,26-27,29H2,1-2H3/t34-/m0/s1. The molecule has 0 saturated carbocycles. The van der Waals surface area contributed by atoms with Crippen molar-refractivity contribution in [3.8, 4) is 28.7 Å². The Labute approximate surface area is 325 Å². The van der Waals surface area contributed by atoms with Crippen LogP contribution in [0.5, 0.6) is 23.0 Å². The van der Waals surface area contributed by atoms with E-state index < -0.39 is 0 Å². The van der Waals surface area contributed by atoms with Gasteiger partial charge in [-0.3, -0.25) is 19.4 Å². The van der Waals surface area contributed by atoms with Gasteiger partial charge in [-0.25, -0.2) is 0 Å². The number of aromatic hydroxyl groups is 1. The SMILES string of the molecule is COc1ccc(N(C(=O)c2cn(-c3cc4c(cc3C(=O)N3Cc5ccccc5C[C@H]3CN3CCN(C)CC3)OCO4)c3ccccc23)c2ccc(O)cc2)cc1. The Morgan fingerprint density at radius 2 is 1.46 bits per heavy atom. The van der Waals surface area contributed by atoms with Gasteiger partial charge in [0, 0.05) is 74.3 Å². The number of hydrogen-bond acceptors (Lipinski definition) is 8. The number of fused-ring (bicyclic) bond motifs is 3. The summed E-state index contributed by atoms with van der Waals surface area (Å²) in [5, 5.41) is 10.8. The van der Waals surface area contributed by atoms with E-state index in [4.69, 9.17) is 14.2 Å². The number of nitrogens with zero attached hydrogens (tertiary/aromatic N) is 5. The van der Waals surface area contributed by atoms with E-state index in [2.05, 4.69) is 35.0 Å². The Morgan fingerprint density at radius 3 is 2.20 bits per heavy atom. The number of likely N-dealkylation sites (N-methyl/N-ethyl adjacent to an activating group) is 1. The molecule has 0 radical (unpaired) electrons. The summed E-state index contributed by atoms with van der Waals surface area (Å²) in [5.74, 6) is 1.40. The topological polar surface area (TPSA) is 100.0 Å². The van der Waals surface area contributed by atoms with Crippen molar-refractivity contribution < 1.29 is 28.9 Å². The van der Waals surface area contributed by atoms with E-state index >= 15 is 4.79 Å². The van der Waals surface area contributed by atoms with Gasteiger partial charge in [0.05, 0.1) is 29.4 Å². The molecule has 2 amide bonds. The van der Waals surface area contributed by atoms with Crippen molar-refractivity contribution in [2.45, 2.75) is 19.0 Å². The largest absolute Gasteiger partial charge is 0.508 e. The molecule has 0 spiro atoms. The number of piperazine rings is 1. The third kappa shape index (κ3) is 6.58. The van der Waals surface area contributed by atoms with E-state index in [1.165, 1.54) is 5.56 Å². The number of anilines is 2. The Balaban J connectivity index is 1.15. The Kier molecular flexibility index (Phi) is 9.32. The maximum atomic E-state index is 15.2. The fourth-order valence-corrected chi connectivity index (χ4v) is 8.16. The van der Waals surface area contributed by atoms with Crippen LogP contribution in [0.25, 0.3) is 16.6 Å². The van der Waals surface area contributed by atoms with Crippen LogP contribution in [0.15, 0.2) is 115 Å². The van der Waals surface area contributed by atoms with Crippen LogP contribution in [0.2, 0.25) is 0 Å². The summed E-state index contributed by atoms with van der Waals surface area (Å²) in [7, 11) is 3.75. The summed E-state index contributed by atoms with van der Waals surface area (Å²) in [6.07, 6.45) is 2.57. The first-order valence-corrected chi connectivity index (χ1v) is 18.9. The van der Waals surface area contributed by atoms with Gasteiger partial charge < -0.3 is 33.7 Å². The van der Waals surface area contributed by atoms with Gasteiger partial charge >= 0.3 is 0 Å². The highest BCUT2D eigenvalue weighted by Gasteiger charge is 2.35. The molecule has 6 aromatic rings. The molecule has 3 aliphatic heterocycles. The number of rotatable bonds is 8. The number of carbonyl (C=O) groups is 2. The molecule has 1 atom stereocenters. The molecule has 0 unspecified atom stereocenters. The zero-order chi connectivity index (χ0) is 38.3. The first kappa shape index (κ1) is 35.4. The minimum atomic E-state index is -0.288. The van der Waals surface area contributed by atoms with E-state index in [0.29, 0.717) is 57.4 Å². The fraction of sp³-hybridized carbons (Fsp3) is 0.244. The van der Waals surface area contributed by atoms with Crippen molar-refractivity contribution in [1.82, 2.24) is 19.3 Å². The molecule has 3 aliphatic rings. The minimum Gasteiger partial charge on any atom is -0.508 e. The molecule has 1 saturated heterocycles. The highest BCUT2D eigenvalue weighted by Crippen LogP contribution is 2.40. The molecule has 1 aromatic heterocycles. The van der Waals surface area contributed by atoms with Crippen LogP contribution < -0.4 is 19.1 Å². The van der Waals surface area contributed by atoms with E-state index in [1.807, 2.05) is 64.2 Å². The maximum Gasteiger partial charge on any atom is 0.265 e. The Hall–Kier alpha value is -6.30. The zero-order valence-corrected chi connectivity index (χ0v) is 31.4. The number of hydrogen-bond donors (Lipinski definition) is 1. The molecular weight excluding hydrogens is 707 g/mol. The number of para-hydroxylation sites is 1. The predicted molar refractivity (Wildman–Crippen MR) is 215 cm³/mol. The number of benzene rings is 5. The quantitative estimate of drug-likeness (QED) is 0.180. The van der Waals surface area contributed by atoms with Crippen LogP contribution in [0.3, 0.4) is 0 Å². The van der Waals surface area contributed by atoms with Crippen molar-refractivity contribution >= 4 is 34.1 Å². The number of phenols is 1. The lowest BCUT2D eigenvalue weighted by Gasteiger charge is -2.41. The molecular formula is C45H43N5O6. The number of phenolic OH excluding ortho intramolecular Hbond substituents is 1. The second-order valence-corrected chi connectivity index (χ2v) is 14.7. The van der Waals surface area contributed by atoms with Crippen LogP contribution in [0.4, 0.5) is 11.4 Å². The molecule has 11 nitrogen and oxygen atoms in total. The van der Waals surface area contributed by atoms with E-state index in [0.717, 1.165) is 50.2 Å². The zero-order valence-electron chi connectivity index (χ0n) is 31.4. The molecule has 1 N–H and O–H groups in total. The molecule has 5 aromatic carbocycles. The smallest absolute Gasteiger partial charge is 0.265 e. The van der Waals surface area contributed by atoms with Gasteiger partial charge in [-0.05, 0) is 85.3 Å². The molecule has 0 bridgehead atoms. The number of ether oxygens (including phenoxy) is 3. The van der Waals surface area contributed by atoms with Crippen molar-refractivity contribution in [1.29, 1.82) is 0 Å². The third-order valence-electron chi connectivity index (χ3n) is 11.2. The number of carbonyl (C=O) groups excluding carboxylic acids is 2. The number of amides is 2. The maximum absolute atomic E-state index is 15.2. The molecule has 0 aliphatic carbocycles. The van der Waals surface area contributed by atoms with Crippen LogP contribution in [-0.4, -0.2) is 95.9 Å². The highest BCUT2D eigenvalue weighted by molar-refractivity contribution is 6.17. The van der Waals surface area contributed by atoms with Gasteiger partial charge in [0.1, 0.15) is 11.5 Å². The fourth-order valence-electron chi connectivity index (χ4n) is 8.16. The van der Waals surface area contributed by atoms with Gasteiger partial charge in [0.15, 0.2) is 11.5 Å². The van der Waals surface area contributed by atoms with Crippen molar-refractivity contribution in [2.75, 3.05) is 58.6 Å². The molecule has 9 rings (SSSR count). The molecule has 56 heavy (non-hydrogen) atoms. The highest BCUT2D eigenvalue weighted by atomic mass is 16.7. The molecule has 4 heterocycles. The molecule has 1 fully saturated rings. The Bertz CT molecular complexity index is 2420. The van der Waals surface area contributed by atoms with Crippen molar-refractivity contribution in [3.63, 3.8) is 0 Å². The van der Waals surface area contributed by atoms with Crippen molar-refractivity contribution in [3.05, 3.63) is 138 Å². The summed E-state index contributed by atoms with van der Waals surface area (Å²) in [6, 6.07) is 33.5. The van der Waals surface area contributed by atoms with Gasteiger partial charge in [-0.1, -0.05) is 42.5 Å². The van der Waals surface area contributed by atoms with Crippen molar-refractivity contribution in [2.24, 2.45) is 0 Å². The summed E-state index contributed by atoms with van der Waals surface area (Å²) in [4.78, 5) is 38.6. The van der Waals surface area contributed by atoms with Crippen LogP contribution in [0.1, 0.15) is 31.8 Å². The van der Waals surface area contributed by atoms with Crippen LogP contribution in [0, 0.1) is 0 Å². The lowest BCUT2D eigenvalue weighted by molar-refractivity contribution is 0.0535. The summed E-state index contributed by atoms with van der Waals surface area (Å²) < 4.78 is 19.1. The summed E-state index contributed by atoms with van der Waals surface area (Å²) >= 11 is 0. The lowest BCUT2D eigenvalue weighted by Crippen LogP contribution is -2.53. The first-order valence-electron chi connectivity index (χ1n) is 18.9. The van der Waals surface area contributed by atoms with E-state index in [9.17, 15) is 9.90 Å². The van der Waals surface area contributed by atoms with E-state index in [-0.39, 0.29) is 30.4 Å². The monoisotopic (exact) mass is 749 g/mol. The first-order chi connectivity index (χ1) is 27.3. The van der Waals surface area contributed by atoms with Gasteiger partial charge in [-0.15, -0.1) is 0 Å². The predicted octanol–water partition coefficient (Wildman–Crippen LogP) is 6.87. The average molecular weight is 750 g/mol. The normalized spacial score (nSPS) is 16.8. The number of aromatic nitrogens is 1. The minimum absolute atomic E-state index is 0.0408. The third-order valence-corrected chi connectivity index (χ3v) is 11.2. The molecule has 11 heteroatoms. The summed E-state index contributed by atoms with van der Waals surface area (Å²) in [6.45, 7) is 5.21. The Morgan fingerprint density at radius 1 is 0.804 bits per heavy atom. The lowest BCUT2D eigenvalue weighted by atomic mass is 9.92. The number of methoxy groups -OCH3 is 1. The summed E-state index contributed by atoms with van der Waals surface area (Å²) in [5.41, 5.74) is 5.85. The van der Waals surface area contributed by atoms with Gasteiger partial charge in [0.25, 0.3) is 11.8 Å². The molecule has 284 valence electrons. The van der Waals surface area contributed by atoms with Crippen LogP contribution >= 0.6 is 0 Å². The average Bonchev–Trinajstić information content (AvgIpc) is 3.86. The van der Waals surface area contributed by atoms with Crippen LogP contribution in [-0.2, 0) is 13.0 Å². The van der Waals surface area contributed by atoms with E-state index in [1.54, 1.807) is 54.5 Å². The second-order valence-electron chi connectivity index (χ2n) is 14.7. The van der Waals surface area contributed by atoms with Gasteiger partial charge in [-0.2, -0.15) is 0 Å².